The van der Waals surface area contributed by atoms with E-state index < -0.39 is 11.7 Å². The van der Waals surface area contributed by atoms with Crippen LogP contribution >= 0.6 is 0 Å². The van der Waals surface area contributed by atoms with Gasteiger partial charge in [0.05, 0.1) is 18.9 Å². The normalized spacial score (nSPS) is 11.7. The van der Waals surface area contributed by atoms with E-state index in [2.05, 4.69) is 26.5 Å². The molecule has 1 aromatic carbocycles. The SMILES string of the molecule is C=CCc1cc(C(F)(F)F)ccc1-c1nc2nc(OC)ncc2[nH]1. The monoisotopic (exact) mass is 334 g/mol. The zero-order chi connectivity index (χ0) is 17.3. The molecular weight excluding hydrogens is 321 g/mol. The highest BCUT2D eigenvalue weighted by Crippen LogP contribution is 2.33. The number of halogens is 3. The number of methoxy groups -OCH3 is 1. The molecule has 2 heterocycles. The van der Waals surface area contributed by atoms with E-state index in [1.165, 1.54) is 19.4 Å². The van der Waals surface area contributed by atoms with E-state index in [0.717, 1.165) is 12.1 Å². The molecule has 0 saturated carbocycles. The van der Waals surface area contributed by atoms with Crippen LogP contribution in [0.3, 0.4) is 0 Å². The number of imidazole rings is 1. The van der Waals surface area contributed by atoms with Crippen LogP contribution in [0.25, 0.3) is 22.6 Å². The standard InChI is InChI=1S/C16H13F3N4O/c1-3-4-9-7-10(16(17,18)19)5-6-11(9)13-21-12-8-20-15(24-2)23-14(12)22-13/h3,5-8H,1,4H2,2H3,(H,20,21,22,23). The largest absolute Gasteiger partial charge is 0.467 e. The van der Waals surface area contributed by atoms with Crippen molar-refractivity contribution >= 4 is 11.2 Å². The Morgan fingerprint density at radius 3 is 2.75 bits per heavy atom. The number of hydrogen-bond donors (Lipinski definition) is 1. The minimum atomic E-state index is -4.40. The number of aromatic amines is 1. The van der Waals surface area contributed by atoms with E-state index in [9.17, 15) is 13.2 Å². The number of benzene rings is 1. The van der Waals surface area contributed by atoms with E-state index in [1.807, 2.05) is 0 Å². The third-order valence-corrected chi connectivity index (χ3v) is 3.45. The van der Waals surface area contributed by atoms with Crippen LogP contribution in [0.1, 0.15) is 11.1 Å². The molecule has 0 atom stereocenters. The number of alkyl halides is 3. The lowest BCUT2D eigenvalue weighted by molar-refractivity contribution is -0.137. The number of aromatic nitrogens is 4. The van der Waals surface area contributed by atoms with Gasteiger partial charge in [-0.2, -0.15) is 18.2 Å². The van der Waals surface area contributed by atoms with Gasteiger partial charge in [-0.05, 0) is 24.1 Å². The molecule has 0 bridgehead atoms. The lowest BCUT2D eigenvalue weighted by atomic mass is 10.0. The Balaban J connectivity index is 2.12. The molecule has 3 rings (SSSR count). The van der Waals surface area contributed by atoms with Crippen LogP contribution in [0.5, 0.6) is 6.01 Å². The summed E-state index contributed by atoms with van der Waals surface area (Å²) in [5.41, 5.74) is 1.26. The van der Waals surface area contributed by atoms with Crippen LogP contribution in [-0.4, -0.2) is 27.0 Å². The molecule has 3 aromatic rings. The highest BCUT2D eigenvalue weighted by atomic mass is 19.4. The molecule has 0 amide bonds. The first-order valence-electron chi connectivity index (χ1n) is 7.00. The Kier molecular flexibility index (Phi) is 3.96. The molecule has 0 saturated heterocycles. The summed E-state index contributed by atoms with van der Waals surface area (Å²) in [6.07, 6.45) is -1.06. The van der Waals surface area contributed by atoms with Crippen LogP contribution in [-0.2, 0) is 12.6 Å². The molecule has 8 heteroatoms. The number of hydrogen-bond acceptors (Lipinski definition) is 4. The van der Waals surface area contributed by atoms with Crippen LogP contribution < -0.4 is 4.74 Å². The average Bonchev–Trinajstić information content (AvgIpc) is 2.97. The van der Waals surface area contributed by atoms with Crippen molar-refractivity contribution < 1.29 is 17.9 Å². The molecule has 0 spiro atoms. The molecule has 24 heavy (non-hydrogen) atoms. The molecule has 0 unspecified atom stereocenters. The van der Waals surface area contributed by atoms with Gasteiger partial charge in [-0.15, -0.1) is 6.58 Å². The Bertz CT molecular complexity index is 902. The van der Waals surface area contributed by atoms with Gasteiger partial charge in [0.15, 0.2) is 5.65 Å². The van der Waals surface area contributed by atoms with Gasteiger partial charge in [0.25, 0.3) is 0 Å². The minimum Gasteiger partial charge on any atom is -0.467 e. The highest BCUT2D eigenvalue weighted by molar-refractivity contribution is 5.76. The second kappa shape index (κ2) is 5.95. The quantitative estimate of drug-likeness (QED) is 0.738. The smallest absolute Gasteiger partial charge is 0.416 e. The van der Waals surface area contributed by atoms with Crippen molar-refractivity contribution in [1.82, 2.24) is 19.9 Å². The van der Waals surface area contributed by atoms with Gasteiger partial charge in [-0.3, -0.25) is 0 Å². The Labute approximate surface area is 135 Å². The van der Waals surface area contributed by atoms with E-state index in [4.69, 9.17) is 4.74 Å². The molecule has 0 aliphatic rings. The van der Waals surface area contributed by atoms with Gasteiger partial charge in [0, 0.05) is 5.56 Å². The summed E-state index contributed by atoms with van der Waals surface area (Å²) in [4.78, 5) is 15.4. The maximum absolute atomic E-state index is 12.9. The summed E-state index contributed by atoms with van der Waals surface area (Å²) < 4.78 is 43.7. The second-order valence-electron chi connectivity index (χ2n) is 5.04. The molecule has 1 N–H and O–H groups in total. The Hall–Kier alpha value is -2.90. The van der Waals surface area contributed by atoms with Crippen molar-refractivity contribution in [2.24, 2.45) is 0 Å². The minimum absolute atomic E-state index is 0.166. The summed E-state index contributed by atoms with van der Waals surface area (Å²) in [7, 11) is 1.44. The predicted molar refractivity (Wildman–Crippen MR) is 82.6 cm³/mol. The van der Waals surface area contributed by atoms with Crippen molar-refractivity contribution in [1.29, 1.82) is 0 Å². The van der Waals surface area contributed by atoms with Crippen LogP contribution in [0.4, 0.5) is 13.2 Å². The number of ether oxygens (including phenoxy) is 1. The van der Waals surface area contributed by atoms with E-state index >= 15 is 0 Å². The van der Waals surface area contributed by atoms with Crippen molar-refractivity contribution in [2.45, 2.75) is 12.6 Å². The second-order valence-corrected chi connectivity index (χ2v) is 5.04. The first-order chi connectivity index (χ1) is 11.4. The number of rotatable bonds is 4. The summed E-state index contributed by atoms with van der Waals surface area (Å²) >= 11 is 0. The van der Waals surface area contributed by atoms with Crippen molar-refractivity contribution in [3.05, 3.63) is 48.2 Å². The van der Waals surface area contributed by atoms with Gasteiger partial charge in [0.1, 0.15) is 11.3 Å². The fourth-order valence-corrected chi connectivity index (χ4v) is 2.34. The first kappa shape index (κ1) is 16.0. The first-order valence-corrected chi connectivity index (χ1v) is 7.00. The number of nitrogens with one attached hydrogen (secondary N) is 1. The van der Waals surface area contributed by atoms with Crippen molar-refractivity contribution in [2.75, 3.05) is 7.11 Å². The maximum Gasteiger partial charge on any atom is 0.416 e. The van der Waals surface area contributed by atoms with Gasteiger partial charge < -0.3 is 9.72 Å². The molecule has 0 aliphatic heterocycles. The third-order valence-electron chi connectivity index (χ3n) is 3.45. The van der Waals surface area contributed by atoms with Crippen LogP contribution in [0, 0.1) is 0 Å². The van der Waals surface area contributed by atoms with Crippen LogP contribution in [0.2, 0.25) is 0 Å². The molecule has 0 fully saturated rings. The summed E-state index contributed by atoms with van der Waals surface area (Å²) in [5.74, 6) is 0.415. The fraction of sp³-hybridized carbons (Fsp3) is 0.188. The van der Waals surface area contributed by atoms with Gasteiger partial charge >= 0.3 is 12.2 Å². The molecule has 0 aliphatic carbocycles. The Morgan fingerprint density at radius 1 is 1.29 bits per heavy atom. The van der Waals surface area contributed by atoms with E-state index in [0.29, 0.717) is 28.1 Å². The fourth-order valence-electron chi connectivity index (χ4n) is 2.34. The van der Waals surface area contributed by atoms with Crippen LogP contribution in [0.15, 0.2) is 37.1 Å². The zero-order valence-corrected chi connectivity index (χ0v) is 12.7. The average molecular weight is 334 g/mol. The number of fused-ring (bicyclic) bond motifs is 1. The maximum atomic E-state index is 12.9. The van der Waals surface area contributed by atoms with Gasteiger partial charge in [-0.25, -0.2) is 9.97 Å². The molecule has 5 nitrogen and oxygen atoms in total. The zero-order valence-electron chi connectivity index (χ0n) is 12.7. The molecule has 124 valence electrons. The number of H-pyrrole nitrogens is 1. The number of allylic oxidation sites excluding steroid dienone is 1. The van der Waals surface area contributed by atoms with E-state index in [1.54, 1.807) is 6.08 Å². The van der Waals surface area contributed by atoms with E-state index in [-0.39, 0.29) is 12.4 Å². The van der Waals surface area contributed by atoms with Gasteiger partial charge in [-0.1, -0.05) is 12.1 Å². The lowest BCUT2D eigenvalue weighted by Crippen LogP contribution is -2.06. The molecule has 0 radical (unpaired) electrons. The predicted octanol–water partition coefficient (Wildman–Crippen LogP) is 3.78. The summed E-state index contributed by atoms with van der Waals surface area (Å²) in [6, 6.07) is 3.70. The van der Waals surface area contributed by atoms with Crippen molar-refractivity contribution in [3.63, 3.8) is 0 Å². The Morgan fingerprint density at radius 2 is 2.08 bits per heavy atom. The van der Waals surface area contributed by atoms with Crippen molar-refractivity contribution in [3.8, 4) is 17.4 Å². The third kappa shape index (κ3) is 2.94. The lowest BCUT2D eigenvalue weighted by Gasteiger charge is -2.11. The van der Waals surface area contributed by atoms with Gasteiger partial charge in [0.2, 0.25) is 0 Å². The molecular formula is C16H13F3N4O. The summed E-state index contributed by atoms with van der Waals surface area (Å²) in [5, 5.41) is 0. The summed E-state index contributed by atoms with van der Waals surface area (Å²) in [6.45, 7) is 3.60. The topological polar surface area (TPSA) is 63.7 Å². The molecule has 2 aromatic heterocycles. The number of nitrogens with zero attached hydrogens (tertiary/aromatic N) is 3. The highest BCUT2D eigenvalue weighted by Gasteiger charge is 2.31.